The van der Waals surface area contributed by atoms with Crippen LogP contribution in [-0.2, 0) is 22.7 Å². The molecule has 1 aromatic rings. The van der Waals surface area contributed by atoms with E-state index in [0.29, 0.717) is 31.5 Å². The number of carbonyl (C=O) groups excluding carboxylic acids is 1. The first-order valence-corrected chi connectivity index (χ1v) is 9.25. The van der Waals surface area contributed by atoms with Gasteiger partial charge >= 0.3 is 0 Å². The van der Waals surface area contributed by atoms with Crippen LogP contribution in [0.5, 0.6) is 0 Å². The van der Waals surface area contributed by atoms with Crippen molar-refractivity contribution in [2.24, 2.45) is 5.92 Å². The van der Waals surface area contributed by atoms with Crippen LogP contribution in [0.1, 0.15) is 65.5 Å². The SMILES string of the molecule is CCC(C)C(=O)CCCCCn1cc(COCCNC(C)C)nn1. The third-order valence-electron chi connectivity index (χ3n) is 4.11. The summed E-state index contributed by atoms with van der Waals surface area (Å²) in [6.45, 7) is 11.2. The van der Waals surface area contributed by atoms with Gasteiger partial charge in [-0.1, -0.05) is 39.3 Å². The van der Waals surface area contributed by atoms with Crippen LogP contribution in [0.25, 0.3) is 0 Å². The Kier molecular flexibility index (Phi) is 10.5. The third kappa shape index (κ3) is 9.13. The topological polar surface area (TPSA) is 69.0 Å². The van der Waals surface area contributed by atoms with Gasteiger partial charge in [0.05, 0.1) is 19.4 Å². The molecule has 138 valence electrons. The van der Waals surface area contributed by atoms with Gasteiger partial charge in [0.15, 0.2) is 0 Å². The molecule has 0 saturated carbocycles. The van der Waals surface area contributed by atoms with Crippen LogP contribution in [0.2, 0.25) is 0 Å². The highest BCUT2D eigenvalue weighted by Gasteiger charge is 2.09. The van der Waals surface area contributed by atoms with E-state index in [-0.39, 0.29) is 5.92 Å². The highest BCUT2D eigenvalue weighted by atomic mass is 16.5. The molecule has 1 N–H and O–H groups in total. The first-order chi connectivity index (χ1) is 11.5. The summed E-state index contributed by atoms with van der Waals surface area (Å²) in [7, 11) is 0. The van der Waals surface area contributed by atoms with Gasteiger partial charge in [0, 0.05) is 31.5 Å². The van der Waals surface area contributed by atoms with E-state index in [1.165, 1.54) is 0 Å². The van der Waals surface area contributed by atoms with Crippen LogP contribution in [0.15, 0.2) is 6.20 Å². The Morgan fingerprint density at radius 2 is 2.08 bits per heavy atom. The van der Waals surface area contributed by atoms with Gasteiger partial charge in [0.2, 0.25) is 0 Å². The van der Waals surface area contributed by atoms with Crippen LogP contribution in [0, 0.1) is 5.92 Å². The second-order valence-electron chi connectivity index (χ2n) is 6.72. The molecule has 24 heavy (non-hydrogen) atoms. The molecule has 0 aliphatic rings. The molecule has 0 bridgehead atoms. The number of hydrogen-bond donors (Lipinski definition) is 1. The van der Waals surface area contributed by atoms with Crippen molar-refractivity contribution in [3.05, 3.63) is 11.9 Å². The molecule has 0 aromatic carbocycles. The maximum atomic E-state index is 11.7. The summed E-state index contributed by atoms with van der Waals surface area (Å²) in [6, 6.07) is 0.481. The van der Waals surface area contributed by atoms with E-state index in [0.717, 1.165) is 44.5 Å². The summed E-state index contributed by atoms with van der Waals surface area (Å²) < 4.78 is 7.43. The smallest absolute Gasteiger partial charge is 0.135 e. The molecule has 1 aromatic heterocycles. The van der Waals surface area contributed by atoms with E-state index in [2.05, 4.69) is 36.4 Å². The maximum Gasteiger partial charge on any atom is 0.135 e. The zero-order chi connectivity index (χ0) is 17.8. The predicted octanol–water partition coefficient (Wildman–Crippen LogP) is 2.97. The van der Waals surface area contributed by atoms with E-state index < -0.39 is 0 Å². The Morgan fingerprint density at radius 1 is 1.29 bits per heavy atom. The maximum absolute atomic E-state index is 11.7. The number of aromatic nitrogens is 3. The second kappa shape index (κ2) is 12.1. The fourth-order valence-corrected chi connectivity index (χ4v) is 2.33. The summed E-state index contributed by atoms with van der Waals surface area (Å²) in [5.41, 5.74) is 0.867. The molecule has 0 aliphatic carbocycles. The highest BCUT2D eigenvalue weighted by Crippen LogP contribution is 2.10. The summed E-state index contributed by atoms with van der Waals surface area (Å²) in [6.07, 6.45) is 6.63. The monoisotopic (exact) mass is 338 g/mol. The Morgan fingerprint density at radius 3 is 2.79 bits per heavy atom. The van der Waals surface area contributed by atoms with Gasteiger partial charge in [0.1, 0.15) is 11.5 Å². The molecule has 1 unspecified atom stereocenters. The summed E-state index contributed by atoms with van der Waals surface area (Å²) in [4.78, 5) is 11.7. The van der Waals surface area contributed by atoms with E-state index in [1.807, 2.05) is 17.8 Å². The van der Waals surface area contributed by atoms with Crippen molar-refractivity contribution in [2.45, 2.75) is 79.0 Å². The van der Waals surface area contributed by atoms with Gasteiger partial charge in [-0.3, -0.25) is 9.48 Å². The molecule has 6 heteroatoms. The number of rotatable bonds is 14. The van der Waals surface area contributed by atoms with Crippen molar-refractivity contribution >= 4 is 5.78 Å². The number of ether oxygens (including phenoxy) is 1. The molecule has 0 amide bonds. The Hall–Kier alpha value is -1.27. The van der Waals surface area contributed by atoms with Crippen molar-refractivity contribution in [3.8, 4) is 0 Å². The molecule has 1 rings (SSSR count). The van der Waals surface area contributed by atoms with Crippen LogP contribution < -0.4 is 5.32 Å². The highest BCUT2D eigenvalue weighted by molar-refractivity contribution is 5.80. The normalized spacial score (nSPS) is 12.7. The molecule has 0 radical (unpaired) electrons. The molecule has 1 atom stereocenters. The second-order valence-corrected chi connectivity index (χ2v) is 6.72. The number of unbranched alkanes of at least 4 members (excludes halogenated alkanes) is 2. The van der Waals surface area contributed by atoms with Crippen LogP contribution in [0.3, 0.4) is 0 Å². The minimum atomic E-state index is 0.207. The molecular formula is C18H34N4O2. The lowest BCUT2D eigenvalue weighted by atomic mass is 9.99. The Balaban J connectivity index is 2.08. The predicted molar refractivity (Wildman–Crippen MR) is 95.7 cm³/mol. The lowest BCUT2D eigenvalue weighted by Gasteiger charge is -2.07. The average molecular weight is 338 g/mol. The lowest BCUT2D eigenvalue weighted by Crippen LogP contribution is -2.26. The molecule has 0 aliphatic heterocycles. The van der Waals surface area contributed by atoms with E-state index in [1.54, 1.807) is 0 Å². The summed E-state index contributed by atoms with van der Waals surface area (Å²) in [5, 5.41) is 11.6. The van der Waals surface area contributed by atoms with Crippen molar-refractivity contribution in [3.63, 3.8) is 0 Å². The third-order valence-corrected chi connectivity index (χ3v) is 4.11. The van der Waals surface area contributed by atoms with Crippen LogP contribution in [-0.4, -0.2) is 40.0 Å². The van der Waals surface area contributed by atoms with Gasteiger partial charge in [-0.25, -0.2) is 0 Å². The minimum absolute atomic E-state index is 0.207. The van der Waals surface area contributed by atoms with E-state index in [4.69, 9.17) is 4.74 Å². The van der Waals surface area contributed by atoms with Crippen molar-refractivity contribution < 1.29 is 9.53 Å². The van der Waals surface area contributed by atoms with Gasteiger partial charge in [-0.05, 0) is 19.3 Å². The molecule has 1 heterocycles. The number of aryl methyl sites for hydroxylation is 1. The molecular weight excluding hydrogens is 304 g/mol. The standard InChI is InChI=1S/C18H34N4O2/c1-5-16(4)18(23)9-7-6-8-11-22-13-17(20-21-22)14-24-12-10-19-15(2)3/h13,15-16,19H,5-12,14H2,1-4H3. The number of nitrogens with zero attached hydrogens (tertiary/aromatic N) is 3. The average Bonchev–Trinajstić information content (AvgIpc) is 3.00. The van der Waals surface area contributed by atoms with Crippen molar-refractivity contribution in [1.82, 2.24) is 20.3 Å². The van der Waals surface area contributed by atoms with Crippen molar-refractivity contribution in [1.29, 1.82) is 0 Å². The first-order valence-electron chi connectivity index (χ1n) is 9.25. The van der Waals surface area contributed by atoms with Gasteiger partial charge in [-0.15, -0.1) is 5.10 Å². The van der Waals surface area contributed by atoms with E-state index in [9.17, 15) is 4.79 Å². The fourth-order valence-electron chi connectivity index (χ4n) is 2.33. The number of carbonyl (C=O) groups is 1. The first kappa shape index (κ1) is 20.8. The van der Waals surface area contributed by atoms with Crippen molar-refractivity contribution in [2.75, 3.05) is 13.2 Å². The van der Waals surface area contributed by atoms with Gasteiger partial charge < -0.3 is 10.1 Å². The lowest BCUT2D eigenvalue weighted by molar-refractivity contribution is -0.122. The van der Waals surface area contributed by atoms with Gasteiger partial charge in [0.25, 0.3) is 0 Å². The number of ketones is 1. The number of Topliss-reactive ketones (excluding diaryl/α,β-unsaturated/α-hetero) is 1. The minimum Gasteiger partial charge on any atom is -0.374 e. The molecule has 0 spiro atoms. The summed E-state index contributed by atoms with van der Waals surface area (Å²) >= 11 is 0. The van der Waals surface area contributed by atoms with Crippen LogP contribution in [0.4, 0.5) is 0 Å². The Labute approximate surface area is 146 Å². The Bertz CT molecular complexity index is 460. The molecule has 6 nitrogen and oxygen atoms in total. The van der Waals surface area contributed by atoms with Crippen LogP contribution >= 0.6 is 0 Å². The molecule has 0 saturated heterocycles. The fraction of sp³-hybridized carbons (Fsp3) is 0.833. The largest absolute Gasteiger partial charge is 0.374 e. The zero-order valence-corrected chi connectivity index (χ0v) is 15.8. The number of hydrogen-bond acceptors (Lipinski definition) is 5. The summed E-state index contributed by atoms with van der Waals surface area (Å²) in [5.74, 6) is 0.600. The number of nitrogens with one attached hydrogen (secondary N) is 1. The molecule has 0 fully saturated rings. The van der Waals surface area contributed by atoms with E-state index >= 15 is 0 Å². The quantitative estimate of drug-likeness (QED) is 0.528. The zero-order valence-electron chi connectivity index (χ0n) is 15.8. The van der Waals surface area contributed by atoms with Gasteiger partial charge in [-0.2, -0.15) is 0 Å².